The third-order valence-corrected chi connectivity index (χ3v) is 1.88. The van der Waals surface area contributed by atoms with Crippen LogP contribution in [0.4, 0.5) is 0 Å². The van der Waals surface area contributed by atoms with E-state index < -0.39 is 0 Å². The molecule has 0 spiro atoms. The molecule has 0 saturated heterocycles. The standard InChI is InChI=1S/C8H9NO2/c10-5-7-4-8(11-9-7)3-6-1-2-6/h4-6H,1-3H2. The second-order valence-electron chi connectivity index (χ2n) is 2.98. The molecule has 0 unspecified atom stereocenters. The summed E-state index contributed by atoms with van der Waals surface area (Å²) in [5.74, 6) is 1.62. The minimum Gasteiger partial charge on any atom is -0.361 e. The lowest BCUT2D eigenvalue weighted by Gasteiger charge is -1.86. The van der Waals surface area contributed by atoms with Crippen molar-refractivity contribution in [2.75, 3.05) is 0 Å². The zero-order chi connectivity index (χ0) is 7.68. The maximum absolute atomic E-state index is 10.2. The van der Waals surface area contributed by atoms with Crippen LogP contribution in [0.2, 0.25) is 0 Å². The van der Waals surface area contributed by atoms with Gasteiger partial charge in [0.1, 0.15) is 11.5 Å². The van der Waals surface area contributed by atoms with Crippen molar-refractivity contribution in [1.82, 2.24) is 5.16 Å². The molecule has 2 rings (SSSR count). The molecule has 1 fully saturated rings. The van der Waals surface area contributed by atoms with E-state index in [0.717, 1.165) is 18.1 Å². The van der Waals surface area contributed by atoms with Crippen molar-refractivity contribution in [1.29, 1.82) is 0 Å². The van der Waals surface area contributed by atoms with Crippen LogP contribution in [0.1, 0.15) is 29.1 Å². The highest BCUT2D eigenvalue weighted by Crippen LogP contribution is 2.32. The Balaban J connectivity index is 2.05. The van der Waals surface area contributed by atoms with Gasteiger partial charge in [-0.15, -0.1) is 0 Å². The number of rotatable bonds is 3. The van der Waals surface area contributed by atoms with Crippen LogP contribution in [0.5, 0.6) is 0 Å². The van der Waals surface area contributed by atoms with Crippen molar-refractivity contribution >= 4 is 6.29 Å². The van der Waals surface area contributed by atoms with Crippen LogP contribution in [-0.2, 0) is 6.42 Å². The Morgan fingerprint density at radius 3 is 3.09 bits per heavy atom. The number of hydrogen-bond donors (Lipinski definition) is 0. The quantitative estimate of drug-likeness (QED) is 0.614. The predicted octanol–water partition coefficient (Wildman–Crippen LogP) is 1.44. The number of nitrogens with zero attached hydrogens (tertiary/aromatic N) is 1. The lowest BCUT2D eigenvalue weighted by atomic mass is 10.2. The zero-order valence-electron chi connectivity index (χ0n) is 6.12. The van der Waals surface area contributed by atoms with Gasteiger partial charge in [0.15, 0.2) is 6.29 Å². The van der Waals surface area contributed by atoms with Gasteiger partial charge in [-0.05, 0) is 18.8 Å². The largest absolute Gasteiger partial charge is 0.361 e. The fraction of sp³-hybridized carbons (Fsp3) is 0.500. The molecule has 3 heteroatoms. The van der Waals surface area contributed by atoms with E-state index in [4.69, 9.17) is 4.52 Å². The Hall–Kier alpha value is -1.12. The summed E-state index contributed by atoms with van der Waals surface area (Å²) >= 11 is 0. The summed E-state index contributed by atoms with van der Waals surface area (Å²) in [7, 11) is 0. The molecule has 1 heterocycles. The Bertz CT molecular complexity index is 263. The molecule has 0 radical (unpaired) electrons. The smallest absolute Gasteiger partial charge is 0.171 e. The van der Waals surface area contributed by atoms with E-state index in [0.29, 0.717) is 12.0 Å². The normalized spacial score (nSPS) is 16.7. The summed E-state index contributed by atoms with van der Waals surface area (Å²) in [6.45, 7) is 0. The highest BCUT2D eigenvalue weighted by Gasteiger charge is 2.23. The summed E-state index contributed by atoms with van der Waals surface area (Å²) in [5, 5.41) is 3.57. The van der Waals surface area contributed by atoms with E-state index in [2.05, 4.69) is 5.16 Å². The van der Waals surface area contributed by atoms with Gasteiger partial charge >= 0.3 is 0 Å². The number of hydrogen-bond acceptors (Lipinski definition) is 3. The highest BCUT2D eigenvalue weighted by molar-refractivity contribution is 5.71. The van der Waals surface area contributed by atoms with Crippen LogP contribution in [0.15, 0.2) is 10.6 Å². The van der Waals surface area contributed by atoms with Gasteiger partial charge in [-0.1, -0.05) is 5.16 Å². The number of aromatic nitrogens is 1. The summed E-state index contributed by atoms with van der Waals surface area (Å²) in [4.78, 5) is 10.2. The fourth-order valence-corrected chi connectivity index (χ4v) is 1.09. The Labute approximate surface area is 64.4 Å². The molecular formula is C8H9NO2. The van der Waals surface area contributed by atoms with Crippen LogP contribution in [0.25, 0.3) is 0 Å². The zero-order valence-corrected chi connectivity index (χ0v) is 6.12. The maximum atomic E-state index is 10.2. The Kier molecular flexibility index (Phi) is 1.49. The van der Waals surface area contributed by atoms with E-state index >= 15 is 0 Å². The fourth-order valence-electron chi connectivity index (χ4n) is 1.09. The summed E-state index contributed by atoms with van der Waals surface area (Å²) in [6, 6.07) is 1.71. The van der Waals surface area contributed by atoms with Gasteiger partial charge < -0.3 is 4.52 Å². The third kappa shape index (κ3) is 1.48. The van der Waals surface area contributed by atoms with E-state index in [-0.39, 0.29) is 0 Å². The molecule has 0 amide bonds. The van der Waals surface area contributed by atoms with Crippen molar-refractivity contribution < 1.29 is 9.32 Å². The Morgan fingerprint density at radius 1 is 1.73 bits per heavy atom. The predicted molar refractivity (Wildman–Crippen MR) is 38.3 cm³/mol. The van der Waals surface area contributed by atoms with Crippen molar-refractivity contribution in [3.05, 3.63) is 17.5 Å². The topological polar surface area (TPSA) is 43.1 Å². The molecule has 58 valence electrons. The molecule has 11 heavy (non-hydrogen) atoms. The van der Waals surface area contributed by atoms with Gasteiger partial charge in [0.25, 0.3) is 0 Å². The summed E-state index contributed by atoms with van der Waals surface area (Å²) in [6.07, 6.45) is 4.23. The van der Waals surface area contributed by atoms with Crippen molar-refractivity contribution in [2.24, 2.45) is 5.92 Å². The molecule has 0 bridgehead atoms. The second-order valence-corrected chi connectivity index (χ2v) is 2.98. The number of aldehydes is 1. The first-order valence-corrected chi connectivity index (χ1v) is 3.79. The molecular weight excluding hydrogens is 142 g/mol. The van der Waals surface area contributed by atoms with Crippen LogP contribution < -0.4 is 0 Å². The van der Waals surface area contributed by atoms with E-state index in [1.165, 1.54) is 12.8 Å². The van der Waals surface area contributed by atoms with Gasteiger partial charge in [-0.25, -0.2) is 0 Å². The molecule has 3 nitrogen and oxygen atoms in total. The molecule has 1 aromatic rings. The van der Waals surface area contributed by atoms with Gasteiger partial charge in [0.05, 0.1) is 0 Å². The lowest BCUT2D eigenvalue weighted by Crippen LogP contribution is -1.81. The molecule has 1 aliphatic carbocycles. The average Bonchev–Trinajstić information content (AvgIpc) is 2.68. The Morgan fingerprint density at radius 2 is 2.55 bits per heavy atom. The van der Waals surface area contributed by atoms with Crippen molar-refractivity contribution in [3.63, 3.8) is 0 Å². The maximum Gasteiger partial charge on any atom is 0.171 e. The van der Waals surface area contributed by atoms with E-state index in [1.54, 1.807) is 6.07 Å². The number of carbonyl (C=O) groups is 1. The summed E-state index contributed by atoms with van der Waals surface area (Å²) < 4.78 is 4.93. The first kappa shape index (κ1) is 6.58. The molecule has 0 aromatic carbocycles. The molecule has 0 aliphatic heterocycles. The second kappa shape index (κ2) is 2.49. The first-order valence-electron chi connectivity index (χ1n) is 3.79. The summed E-state index contributed by atoms with van der Waals surface area (Å²) in [5.41, 5.74) is 0.403. The van der Waals surface area contributed by atoms with Gasteiger partial charge in [0, 0.05) is 12.5 Å². The van der Waals surface area contributed by atoms with Crippen LogP contribution in [0.3, 0.4) is 0 Å². The molecule has 1 aromatic heterocycles. The molecule has 1 aliphatic rings. The van der Waals surface area contributed by atoms with Crippen molar-refractivity contribution in [3.8, 4) is 0 Å². The van der Waals surface area contributed by atoms with Gasteiger partial charge in [-0.2, -0.15) is 0 Å². The third-order valence-electron chi connectivity index (χ3n) is 1.88. The average molecular weight is 151 g/mol. The monoisotopic (exact) mass is 151 g/mol. The van der Waals surface area contributed by atoms with Gasteiger partial charge in [-0.3, -0.25) is 4.79 Å². The first-order chi connectivity index (χ1) is 5.38. The van der Waals surface area contributed by atoms with Crippen molar-refractivity contribution in [2.45, 2.75) is 19.3 Å². The number of carbonyl (C=O) groups excluding carboxylic acids is 1. The molecule has 0 N–H and O–H groups in total. The lowest BCUT2D eigenvalue weighted by molar-refractivity contribution is 0.111. The van der Waals surface area contributed by atoms with E-state index in [1.807, 2.05) is 0 Å². The van der Waals surface area contributed by atoms with E-state index in [9.17, 15) is 4.79 Å². The minimum atomic E-state index is 0.403. The SMILES string of the molecule is O=Cc1cc(CC2CC2)on1. The molecule has 1 saturated carbocycles. The van der Waals surface area contributed by atoms with Gasteiger partial charge in [0.2, 0.25) is 0 Å². The van der Waals surface area contributed by atoms with Crippen LogP contribution in [-0.4, -0.2) is 11.4 Å². The highest BCUT2D eigenvalue weighted by atomic mass is 16.5. The molecule has 0 atom stereocenters. The van der Waals surface area contributed by atoms with Crippen LogP contribution in [0, 0.1) is 5.92 Å². The van der Waals surface area contributed by atoms with Crippen LogP contribution >= 0.6 is 0 Å². The minimum absolute atomic E-state index is 0.403.